The highest BCUT2D eigenvalue weighted by molar-refractivity contribution is 7.10. The molecule has 0 saturated carbocycles. The summed E-state index contributed by atoms with van der Waals surface area (Å²) >= 11 is 1.80. The molecule has 0 aliphatic carbocycles. The number of guanidine groups is 1. The number of aliphatic imine (C=N–C) groups is 1. The van der Waals surface area contributed by atoms with Crippen LogP contribution in [0.1, 0.15) is 29.7 Å². The molecule has 1 saturated heterocycles. The molecular formula is C23H30N4O2S. The van der Waals surface area contributed by atoms with Gasteiger partial charge < -0.3 is 19.9 Å². The smallest absolute Gasteiger partial charge is 0.224 e. The predicted molar refractivity (Wildman–Crippen MR) is 121 cm³/mol. The van der Waals surface area contributed by atoms with Crippen LogP contribution in [0, 0.1) is 0 Å². The number of rotatable bonds is 5. The largest absolute Gasteiger partial charge is 0.490 e. The van der Waals surface area contributed by atoms with E-state index in [0.717, 1.165) is 57.2 Å². The zero-order valence-electron chi connectivity index (χ0n) is 17.5. The van der Waals surface area contributed by atoms with E-state index in [2.05, 4.69) is 26.7 Å². The van der Waals surface area contributed by atoms with Crippen LogP contribution in [-0.2, 0) is 17.8 Å². The first-order valence-electron chi connectivity index (χ1n) is 10.7. The Labute approximate surface area is 182 Å². The Morgan fingerprint density at radius 2 is 1.97 bits per heavy atom. The van der Waals surface area contributed by atoms with Crippen LogP contribution in [0.2, 0.25) is 0 Å². The lowest BCUT2D eigenvalue weighted by atomic mass is 10.1. The van der Waals surface area contributed by atoms with Crippen LogP contribution in [-0.4, -0.2) is 61.0 Å². The third-order valence-electron chi connectivity index (χ3n) is 5.78. The van der Waals surface area contributed by atoms with Crippen molar-refractivity contribution >= 4 is 23.2 Å². The van der Waals surface area contributed by atoms with Gasteiger partial charge in [-0.15, -0.1) is 11.3 Å². The molecule has 30 heavy (non-hydrogen) atoms. The summed E-state index contributed by atoms with van der Waals surface area (Å²) in [6.07, 6.45) is 3.64. The van der Waals surface area contributed by atoms with Gasteiger partial charge in [-0.3, -0.25) is 9.79 Å². The van der Waals surface area contributed by atoms with Crippen molar-refractivity contribution in [3.05, 3.63) is 52.2 Å². The quantitative estimate of drug-likeness (QED) is 0.590. The summed E-state index contributed by atoms with van der Waals surface area (Å²) in [5.41, 5.74) is 1.31. The topological polar surface area (TPSA) is 57.2 Å². The molecule has 2 aliphatic rings. The van der Waals surface area contributed by atoms with E-state index in [4.69, 9.17) is 4.74 Å². The van der Waals surface area contributed by atoms with Gasteiger partial charge in [-0.25, -0.2) is 0 Å². The van der Waals surface area contributed by atoms with E-state index in [9.17, 15) is 4.79 Å². The number of hydrogen-bond donors (Lipinski definition) is 1. The van der Waals surface area contributed by atoms with Crippen molar-refractivity contribution in [2.75, 3.05) is 33.2 Å². The summed E-state index contributed by atoms with van der Waals surface area (Å²) in [5, 5.41) is 5.50. The number of hydrogen-bond acceptors (Lipinski definition) is 4. The highest BCUT2D eigenvalue weighted by Gasteiger charge is 2.24. The fourth-order valence-electron chi connectivity index (χ4n) is 4.11. The molecule has 0 atom stereocenters. The summed E-state index contributed by atoms with van der Waals surface area (Å²) in [7, 11) is 1.81. The van der Waals surface area contributed by atoms with E-state index < -0.39 is 0 Å². The molecule has 1 N–H and O–H groups in total. The standard InChI is InChI=1S/C23H30N4O2S/c1-24-23(26-13-8-20(9-14-26)29-19-5-3-2-4-6-19)25-12-7-22(28)27-15-10-21-18(17-27)11-16-30-21/h2-6,11,16,20H,7-10,12-15,17H2,1H3,(H,24,25). The van der Waals surface area contributed by atoms with Crippen molar-refractivity contribution in [2.45, 2.75) is 38.3 Å². The molecule has 7 heteroatoms. The predicted octanol–water partition coefficient (Wildman–Crippen LogP) is 3.14. The molecular weight excluding hydrogens is 396 g/mol. The van der Waals surface area contributed by atoms with E-state index in [-0.39, 0.29) is 12.0 Å². The molecule has 0 unspecified atom stereocenters. The molecule has 0 radical (unpaired) electrons. The summed E-state index contributed by atoms with van der Waals surface area (Å²) in [5.74, 6) is 2.02. The Balaban J connectivity index is 1.19. The number of benzene rings is 1. The second-order valence-corrected chi connectivity index (χ2v) is 8.78. The SMILES string of the molecule is CN=C(NCCC(=O)N1CCc2sccc2C1)N1CCC(Oc2ccccc2)CC1. The van der Waals surface area contributed by atoms with Crippen molar-refractivity contribution in [1.29, 1.82) is 0 Å². The van der Waals surface area contributed by atoms with E-state index in [0.29, 0.717) is 13.0 Å². The summed E-state index contributed by atoms with van der Waals surface area (Å²) in [6.45, 7) is 3.99. The molecule has 1 fully saturated rings. The Morgan fingerprint density at radius 3 is 2.73 bits per heavy atom. The average molecular weight is 427 g/mol. The molecule has 3 heterocycles. The molecule has 2 aliphatic heterocycles. The van der Waals surface area contributed by atoms with Crippen LogP contribution in [0.4, 0.5) is 0 Å². The number of fused-ring (bicyclic) bond motifs is 1. The van der Waals surface area contributed by atoms with Gasteiger partial charge in [-0.2, -0.15) is 0 Å². The van der Waals surface area contributed by atoms with Crippen LogP contribution in [0.5, 0.6) is 5.75 Å². The van der Waals surface area contributed by atoms with Crippen molar-refractivity contribution in [2.24, 2.45) is 4.99 Å². The van der Waals surface area contributed by atoms with Gasteiger partial charge in [0.2, 0.25) is 5.91 Å². The first-order valence-corrected chi connectivity index (χ1v) is 11.6. The van der Waals surface area contributed by atoms with Gasteiger partial charge in [0.15, 0.2) is 5.96 Å². The van der Waals surface area contributed by atoms with Crippen molar-refractivity contribution < 1.29 is 9.53 Å². The summed E-state index contributed by atoms with van der Waals surface area (Å²) in [4.78, 5) is 22.7. The van der Waals surface area contributed by atoms with Gasteiger partial charge in [-0.05, 0) is 35.6 Å². The minimum Gasteiger partial charge on any atom is -0.490 e. The lowest BCUT2D eigenvalue weighted by Gasteiger charge is -2.34. The fourth-order valence-corrected chi connectivity index (χ4v) is 5.00. The number of para-hydroxylation sites is 1. The zero-order valence-corrected chi connectivity index (χ0v) is 18.4. The van der Waals surface area contributed by atoms with Gasteiger partial charge in [0, 0.05) is 63.9 Å². The molecule has 1 amide bonds. The number of carbonyl (C=O) groups excluding carboxylic acids is 1. The Bertz CT molecular complexity index is 859. The van der Waals surface area contributed by atoms with Crippen LogP contribution in [0.25, 0.3) is 0 Å². The van der Waals surface area contributed by atoms with Crippen molar-refractivity contribution in [3.63, 3.8) is 0 Å². The van der Waals surface area contributed by atoms with Crippen LogP contribution in [0.15, 0.2) is 46.8 Å². The second-order valence-electron chi connectivity index (χ2n) is 7.78. The Hall–Kier alpha value is -2.54. The van der Waals surface area contributed by atoms with E-state index >= 15 is 0 Å². The Morgan fingerprint density at radius 1 is 1.17 bits per heavy atom. The van der Waals surface area contributed by atoms with E-state index in [1.165, 1.54) is 10.4 Å². The van der Waals surface area contributed by atoms with Crippen LogP contribution >= 0.6 is 11.3 Å². The van der Waals surface area contributed by atoms with Crippen molar-refractivity contribution in [3.8, 4) is 5.75 Å². The van der Waals surface area contributed by atoms with Gasteiger partial charge in [0.05, 0.1) is 0 Å². The van der Waals surface area contributed by atoms with Gasteiger partial charge in [0.25, 0.3) is 0 Å². The van der Waals surface area contributed by atoms with Crippen molar-refractivity contribution in [1.82, 2.24) is 15.1 Å². The maximum atomic E-state index is 12.6. The maximum Gasteiger partial charge on any atom is 0.224 e. The first kappa shape index (κ1) is 20.7. The molecule has 160 valence electrons. The Kier molecular flexibility index (Phi) is 6.89. The molecule has 1 aromatic heterocycles. The third kappa shape index (κ3) is 5.14. The zero-order chi connectivity index (χ0) is 20.8. The number of carbonyl (C=O) groups is 1. The van der Waals surface area contributed by atoms with Gasteiger partial charge >= 0.3 is 0 Å². The number of ether oxygens (including phenoxy) is 1. The summed E-state index contributed by atoms with van der Waals surface area (Å²) in [6, 6.07) is 12.2. The van der Waals surface area contributed by atoms with Crippen LogP contribution < -0.4 is 10.1 Å². The first-order chi connectivity index (χ1) is 14.7. The molecule has 4 rings (SSSR count). The number of likely N-dealkylation sites (tertiary alicyclic amines) is 1. The maximum absolute atomic E-state index is 12.6. The fraction of sp³-hybridized carbons (Fsp3) is 0.478. The summed E-state index contributed by atoms with van der Waals surface area (Å²) < 4.78 is 6.08. The lowest BCUT2D eigenvalue weighted by Crippen LogP contribution is -2.48. The molecule has 1 aromatic carbocycles. The third-order valence-corrected chi connectivity index (χ3v) is 6.80. The minimum atomic E-state index is 0.213. The molecule has 6 nitrogen and oxygen atoms in total. The van der Waals surface area contributed by atoms with Gasteiger partial charge in [-0.1, -0.05) is 18.2 Å². The molecule has 0 bridgehead atoms. The highest BCUT2D eigenvalue weighted by Crippen LogP contribution is 2.24. The van der Waals surface area contributed by atoms with E-state index in [1.54, 1.807) is 18.4 Å². The van der Waals surface area contributed by atoms with Crippen LogP contribution in [0.3, 0.4) is 0 Å². The number of thiophene rings is 1. The number of piperidine rings is 1. The molecule has 2 aromatic rings. The lowest BCUT2D eigenvalue weighted by molar-refractivity contribution is -0.131. The number of nitrogens with one attached hydrogen (secondary N) is 1. The number of amides is 1. The average Bonchev–Trinajstić information content (AvgIpc) is 3.26. The number of nitrogens with zero attached hydrogens (tertiary/aromatic N) is 3. The monoisotopic (exact) mass is 426 g/mol. The highest BCUT2D eigenvalue weighted by atomic mass is 32.1. The minimum absolute atomic E-state index is 0.213. The van der Waals surface area contributed by atoms with E-state index in [1.807, 2.05) is 35.2 Å². The normalized spacial score (nSPS) is 17.6. The van der Waals surface area contributed by atoms with Gasteiger partial charge in [0.1, 0.15) is 11.9 Å². The second kappa shape index (κ2) is 9.98. The molecule has 0 spiro atoms.